The van der Waals surface area contributed by atoms with Crippen molar-refractivity contribution in [1.82, 2.24) is 10.6 Å². The minimum Gasteiger partial charge on any atom is -0.462 e. The van der Waals surface area contributed by atoms with Gasteiger partial charge in [-0.25, -0.2) is 9.36 Å². The summed E-state index contributed by atoms with van der Waals surface area (Å²) in [5.41, 5.74) is -0.690. The van der Waals surface area contributed by atoms with Crippen molar-refractivity contribution in [3.63, 3.8) is 0 Å². The maximum absolute atomic E-state index is 13.7. The lowest BCUT2D eigenvalue weighted by Gasteiger charge is -2.24. The number of carbonyl (C=O) groups is 3. The lowest BCUT2D eigenvalue weighted by atomic mass is 10.1. The molecule has 0 saturated heterocycles. The zero-order valence-electron chi connectivity index (χ0n) is 40.0. The molecule has 0 radical (unpaired) electrons. The largest absolute Gasteiger partial charge is 0.475 e. The molecule has 62 heavy (non-hydrogen) atoms. The Morgan fingerprint density at radius 2 is 1.34 bits per heavy atom. The van der Waals surface area contributed by atoms with Gasteiger partial charge in [-0.15, -0.1) is 6.58 Å². The van der Waals surface area contributed by atoms with E-state index in [-0.39, 0.29) is 70.6 Å². The second-order valence-corrected chi connectivity index (χ2v) is 18.5. The van der Waals surface area contributed by atoms with Gasteiger partial charge in [-0.2, -0.15) is 0 Å². The average Bonchev–Trinajstić information content (AvgIpc) is 3.22. The van der Waals surface area contributed by atoms with E-state index in [0.29, 0.717) is 25.9 Å². The lowest BCUT2D eigenvalue weighted by Crippen LogP contribution is -2.43. The van der Waals surface area contributed by atoms with Gasteiger partial charge in [0.1, 0.15) is 18.5 Å². The fourth-order valence-electron chi connectivity index (χ4n) is 6.29. The molecule has 0 spiro atoms. The molecule has 0 aliphatic carbocycles. The van der Waals surface area contributed by atoms with Crippen molar-refractivity contribution in [2.24, 2.45) is 0 Å². The van der Waals surface area contributed by atoms with Crippen LogP contribution in [0, 0.1) is 0 Å². The van der Waals surface area contributed by atoms with Crippen molar-refractivity contribution in [2.45, 2.75) is 207 Å². The molecule has 15 heteroatoms. The molecule has 0 aromatic carbocycles. The predicted molar refractivity (Wildman–Crippen MR) is 247 cm³/mol. The SMILES string of the molecule is C=CCOP(=O)(OCCNC(=O)OC(C)(C)C)OCC(COCC[C@@H](CCCCCCC)OCOC)NC(=O)C[C@@H](CCCCCCC)OC(=O)CCC/C=C\CCCCCC. The van der Waals surface area contributed by atoms with Gasteiger partial charge in [0, 0.05) is 26.7 Å². The summed E-state index contributed by atoms with van der Waals surface area (Å²) in [6.07, 6.45) is 25.0. The maximum atomic E-state index is 13.7. The van der Waals surface area contributed by atoms with E-state index in [4.69, 9.17) is 37.3 Å². The van der Waals surface area contributed by atoms with Gasteiger partial charge in [0.2, 0.25) is 5.91 Å². The van der Waals surface area contributed by atoms with E-state index in [2.05, 4.69) is 50.1 Å². The lowest BCUT2D eigenvalue weighted by molar-refractivity contribution is -0.151. The monoisotopic (exact) mass is 905 g/mol. The van der Waals surface area contributed by atoms with E-state index in [1.165, 1.54) is 51.0 Å². The normalized spacial score (nSPS) is 14.2. The number of phosphoric ester groups is 1. The fraction of sp³-hybridized carbons (Fsp3) is 0.851. The number of hydrogen-bond acceptors (Lipinski definition) is 12. The minimum absolute atomic E-state index is 0.0223. The predicted octanol–water partition coefficient (Wildman–Crippen LogP) is 11.5. The van der Waals surface area contributed by atoms with Crippen LogP contribution >= 0.6 is 7.82 Å². The molecule has 2 amide bonds. The molecule has 4 atom stereocenters. The Bertz CT molecular complexity index is 1200. The molecule has 364 valence electrons. The van der Waals surface area contributed by atoms with Crippen LogP contribution in [0.3, 0.4) is 0 Å². The number of hydrogen-bond donors (Lipinski definition) is 2. The minimum atomic E-state index is -4.20. The molecule has 0 saturated carbocycles. The van der Waals surface area contributed by atoms with Crippen molar-refractivity contribution < 1.29 is 56.2 Å². The molecule has 0 aromatic heterocycles. The highest BCUT2D eigenvalue weighted by Crippen LogP contribution is 2.49. The third-order valence-corrected chi connectivity index (χ3v) is 11.0. The summed E-state index contributed by atoms with van der Waals surface area (Å²) in [5.74, 6) is -0.678. The van der Waals surface area contributed by atoms with Crippen LogP contribution in [0.4, 0.5) is 4.79 Å². The molecule has 0 aromatic rings. The number of carbonyl (C=O) groups excluding carboxylic acids is 3. The Kier molecular flexibility index (Phi) is 38.7. The Hall–Kier alpha value is -2.32. The summed E-state index contributed by atoms with van der Waals surface area (Å²) in [4.78, 5) is 38.8. The van der Waals surface area contributed by atoms with Crippen molar-refractivity contribution in [3.05, 3.63) is 24.8 Å². The Balaban J connectivity index is 5.77. The van der Waals surface area contributed by atoms with Gasteiger partial charge in [0.05, 0.1) is 45.0 Å². The first-order valence-corrected chi connectivity index (χ1v) is 25.2. The second kappa shape index (κ2) is 40.2. The highest BCUT2D eigenvalue weighted by atomic mass is 31.2. The topological polar surface area (TPSA) is 166 Å². The Labute approximate surface area is 376 Å². The first-order chi connectivity index (χ1) is 29.8. The third kappa shape index (κ3) is 38.2. The standard InChI is InChI=1S/C47H89N2O12P/c1-9-13-16-19-20-21-22-25-28-31-45(51)60-43(30-27-24-18-15-11-3)37-44(50)49-41(38-55-35-32-42(56-40-54-8)29-26-23-17-14-10-2)39-59-62(53,57-34-12-4)58-36-33-48-46(52)61-47(5,6)7/h12,21-22,41-43H,4,9-11,13-20,23-40H2,1-3,5-8H3,(H,48,52)(H,49,50)/b22-21-/t41?,42-,43-,62?/m1/s1. The number of allylic oxidation sites excluding steroid dienone is 2. The number of methoxy groups -OCH3 is 1. The van der Waals surface area contributed by atoms with Gasteiger partial charge in [-0.3, -0.25) is 23.2 Å². The van der Waals surface area contributed by atoms with Crippen LogP contribution in [-0.2, 0) is 51.4 Å². The number of phosphoric acid groups is 1. The quantitative estimate of drug-likeness (QED) is 0.0196. The number of nitrogens with one attached hydrogen (secondary N) is 2. The first-order valence-electron chi connectivity index (χ1n) is 23.7. The van der Waals surface area contributed by atoms with Crippen LogP contribution in [0.25, 0.3) is 0 Å². The van der Waals surface area contributed by atoms with Crippen LogP contribution in [-0.4, -0.2) is 95.3 Å². The van der Waals surface area contributed by atoms with E-state index in [1.807, 2.05) is 0 Å². The number of rotatable bonds is 43. The van der Waals surface area contributed by atoms with Crippen molar-refractivity contribution >= 4 is 25.8 Å². The van der Waals surface area contributed by atoms with Gasteiger partial charge >= 0.3 is 19.9 Å². The number of ether oxygens (including phenoxy) is 5. The Morgan fingerprint density at radius 1 is 0.726 bits per heavy atom. The van der Waals surface area contributed by atoms with Crippen LogP contribution in [0.2, 0.25) is 0 Å². The molecule has 2 unspecified atom stereocenters. The molecule has 2 N–H and O–H groups in total. The number of esters is 1. The summed E-state index contributed by atoms with van der Waals surface area (Å²) in [6.45, 7) is 15.3. The zero-order chi connectivity index (χ0) is 46.2. The molecule has 0 bridgehead atoms. The Morgan fingerprint density at radius 3 is 1.95 bits per heavy atom. The smallest absolute Gasteiger partial charge is 0.462 e. The van der Waals surface area contributed by atoms with E-state index in [1.54, 1.807) is 27.9 Å². The summed E-state index contributed by atoms with van der Waals surface area (Å²) < 4.78 is 58.7. The molecule has 0 heterocycles. The molecular formula is C47H89N2O12P. The van der Waals surface area contributed by atoms with Gasteiger partial charge in [0.15, 0.2) is 0 Å². The molecule has 0 fully saturated rings. The second-order valence-electron chi connectivity index (χ2n) is 16.8. The van der Waals surface area contributed by atoms with Crippen molar-refractivity contribution in [1.29, 1.82) is 0 Å². The molecule has 14 nitrogen and oxygen atoms in total. The molecule has 0 aliphatic heterocycles. The fourth-order valence-corrected chi connectivity index (χ4v) is 7.48. The van der Waals surface area contributed by atoms with E-state index < -0.39 is 31.7 Å². The van der Waals surface area contributed by atoms with Crippen LogP contribution in [0.15, 0.2) is 24.8 Å². The number of alkyl carbamates (subject to hydrolysis) is 1. The number of amides is 2. The first kappa shape index (κ1) is 59.7. The summed E-state index contributed by atoms with van der Waals surface area (Å²) in [7, 11) is -2.60. The molecular weight excluding hydrogens is 815 g/mol. The molecule has 0 rings (SSSR count). The molecule has 0 aliphatic rings. The third-order valence-electron chi connectivity index (χ3n) is 9.61. The van der Waals surface area contributed by atoms with Crippen LogP contribution < -0.4 is 10.6 Å². The van der Waals surface area contributed by atoms with Crippen LogP contribution in [0.1, 0.15) is 183 Å². The van der Waals surface area contributed by atoms with Gasteiger partial charge in [-0.05, 0) is 72.1 Å². The van der Waals surface area contributed by atoms with Crippen LogP contribution in [0.5, 0.6) is 0 Å². The average molecular weight is 905 g/mol. The summed E-state index contributed by atoms with van der Waals surface area (Å²) >= 11 is 0. The highest BCUT2D eigenvalue weighted by Gasteiger charge is 2.29. The van der Waals surface area contributed by atoms with Crippen molar-refractivity contribution in [2.75, 3.05) is 53.5 Å². The zero-order valence-corrected chi connectivity index (χ0v) is 40.9. The number of unbranched alkanes of at least 4 members (excludes halogenated alkanes) is 13. The van der Waals surface area contributed by atoms with E-state index >= 15 is 0 Å². The highest BCUT2D eigenvalue weighted by molar-refractivity contribution is 7.48. The maximum Gasteiger partial charge on any atom is 0.475 e. The van der Waals surface area contributed by atoms with E-state index in [9.17, 15) is 18.9 Å². The van der Waals surface area contributed by atoms with Gasteiger partial charge in [-0.1, -0.05) is 116 Å². The van der Waals surface area contributed by atoms with Gasteiger partial charge < -0.3 is 34.3 Å². The van der Waals surface area contributed by atoms with E-state index in [0.717, 1.165) is 64.2 Å². The van der Waals surface area contributed by atoms with Crippen molar-refractivity contribution in [3.8, 4) is 0 Å². The summed E-state index contributed by atoms with van der Waals surface area (Å²) in [6, 6.07) is -0.770. The summed E-state index contributed by atoms with van der Waals surface area (Å²) in [5, 5.41) is 5.50. The van der Waals surface area contributed by atoms with Gasteiger partial charge in [0.25, 0.3) is 0 Å².